The highest BCUT2D eigenvalue weighted by atomic mass is 15.5. The first-order chi connectivity index (χ1) is 11.5. The van der Waals surface area contributed by atoms with Crippen molar-refractivity contribution in [2.24, 2.45) is 15.8 Å². The summed E-state index contributed by atoms with van der Waals surface area (Å²) in [5.74, 6) is 7.82. The van der Waals surface area contributed by atoms with Crippen LogP contribution in [-0.4, -0.2) is 61.0 Å². The normalized spacial score (nSPS) is 15.8. The minimum atomic E-state index is 0.301. The van der Waals surface area contributed by atoms with E-state index < -0.39 is 0 Å². The molecule has 1 aromatic carbocycles. The summed E-state index contributed by atoms with van der Waals surface area (Å²) in [6, 6.07) is 10.2. The van der Waals surface area contributed by atoms with Crippen molar-refractivity contribution in [3.63, 3.8) is 0 Å². The predicted octanol–water partition coefficient (Wildman–Crippen LogP) is 2.66. The van der Waals surface area contributed by atoms with Gasteiger partial charge in [0.05, 0.1) is 5.69 Å². The van der Waals surface area contributed by atoms with E-state index in [2.05, 4.69) is 0 Å². The zero-order valence-corrected chi connectivity index (χ0v) is 15.3. The summed E-state index contributed by atoms with van der Waals surface area (Å²) in [6.45, 7) is 0. The molecule has 132 valence electrons. The number of aliphatic imine (C=N–C) groups is 2. The van der Waals surface area contributed by atoms with E-state index in [0.29, 0.717) is 12.0 Å². The Balaban J connectivity index is 2.37. The van der Waals surface area contributed by atoms with Gasteiger partial charge in [0.15, 0.2) is 0 Å². The fraction of sp³-hybridized carbons (Fsp3) is 0.556. The third-order valence-electron chi connectivity index (χ3n) is 4.18. The first-order valence-electron chi connectivity index (χ1n) is 8.60. The SMILES string of the molecule is CN(C)C(=NC(=Nc1ccccc1)N(N)C1CCCCC1)N(C)C. The second-order valence-electron chi connectivity index (χ2n) is 6.65. The molecule has 0 radical (unpaired) electrons. The number of hydrogen-bond donors (Lipinski definition) is 1. The lowest BCUT2D eigenvalue weighted by Gasteiger charge is -2.32. The zero-order valence-electron chi connectivity index (χ0n) is 15.3. The van der Waals surface area contributed by atoms with E-state index in [1.54, 1.807) is 5.01 Å². The third kappa shape index (κ3) is 4.96. The van der Waals surface area contributed by atoms with Gasteiger partial charge in [-0.1, -0.05) is 37.5 Å². The topological polar surface area (TPSA) is 60.5 Å². The first kappa shape index (κ1) is 18.3. The Morgan fingerprint density at radius 3 is 2.08 bits per heavy atom. The number of nitrogens with zero attached hydrogens (tertiary/aromatic N) is 5. The number of para-hydroxylation sites is 1. The van der Waals surface area contributed by atoms with Crippen LogP contribution in [0.5, 0.6) is 0 Å². The lowest BCUT2D eigenvalue weighted by molar-refractivity contribution is 0.246. The monoisotopic (exact) mass is 330 g/mol. The quantitative estimate of drug-likeness (QED) is 0.392. The van der Waals surface area contributed by atoms with Crippen LogP contribution < -0.4 is 5.84 Å². The maximum Gasteiger partial charge on any atom is 0.243 e. The first-order valence-corrected chi connectivity index (χ1v) is 8.60. The molecule has 1 aromatic rings. The smallest absolute Gasteiger partial charge is 0.243 e. The van der Waals surface area contributed by atoms with Gasteiger partial charge in [-0.05, 0) is 25.0 Å². The molecule has 1 aliphatic carbocycles. The van der Waals surface area contributed by atoms with E-state index >= 15 is 0 Å². The second kappa shape index (κ2) is 8.68. The van der Waals surface area contributed by atoms with Gasteiger partial charge in [0.25, 0.3) is 0 Å². The van der Waals surface area contributed by atoms with Crippen LogP contribution in [-0.2, 0) is 0 Å². The molecule has 1 saturated carbocycles. The number of benzene rings is 1. The van der Waals surface area contributed by atoms with Gasteiger partial charge >= 0.3 is 0 Å². The van der Waals surface area contributed by atoms with Gasteiger partial charge in [-0.3, -0.25) is 5.01 Å². The fourth-order valence-electron chi connectivity index (χ4n) is 2.97. The van der Waals surface area contributed by atoms with Crippen LogP contribution in [0.25, 0.3) is 0 Å². The molecule has 1 fully saturated rings. The fourth-order valence-corrected chi connectivity index (χ4v) is 2.97. The lowest BCUT2D eigenvalue weighted by Crippen LogP contribution is -2.47. The standard InChI is InChI=1S/C18H30N6/c1-22(2)18(23(3)4)21-17(20-15-11-7-5-8-12-15)24(19)16-13-9-6-10-14-16/h5,7-8,11-12,16H,6,9-10,13-14,19H2,1-4H3. The van der Waals surface area contributed by atoms with Crippen LogP contribution in [0.3, 0.4) is 0 Å². The van der Waals surface area contributed by atoms with Crippen molar-refractivity contribution in [1.29, 1.82) is 0 Å². The Kier molecular flexibility index (Phi) is 6.61. The van der Waals surface area contributed by atoms with Crippen molar-refractivity contribution in [2.75, 3.05) is 28.2 Å². The van der Waals surface area contributed by atoms with Gasteiger partial charge < -0.3 is 9.80 Å². The minimum absolute atomic E-state index is 0.301. The number of guanidine groups is 2. The number of hydrazine groups is 1. The molecule has 6 heteroatoms. The van der Waals surface area contributed by atoms with Crippen molar-refractivity contribution in [3.8, 4) is 0 Å². The molecule has 0 heterocycles. The molecule has 0 amide bonds. The molecular weight excluding hydrogens is 300 g/mol. The van der Waals surface area contributed by atoms with E-state index in [0.717, 1.165) is 24.5 Å². The number of nitrogens with two attached hydrogens (primary N) is 1. The second-order valence-corrected chi connectivity index (χ2v) is 6.65. The van der Waals surface area contributed by atoms with Gasteiger partial charge in [0, 0.05) is 34.2 Å². The van der Waals surface area contributed by atoms with Gasteiger partial charge in [0.1, 0.15) is 0 Å². The summed E-state index contributed by atoms with van der Waals surface area (Å²) in [6.07, 6.45) is 5.92. The summed E-state index contributed by atoms with van der Waals surface area (Å²) in [5, 5.41) is 1.76. The van der Waals surface area contributed by atoms with Crippen LogP contribution in [0, 0.1) is 0 Å². The maximum atomic E-state index is 6.45. The molecular formula is C18H30N6. The van der Waals surface area contributed by atoms with Gasteiger partial charge in [-0.25, -0.2) is 10.8 Å². The van der Waals surface area contributed by atoms with Crippen LogP contribution in [0.15, 0.2) is 40.3 Å². The van der Waals surface area contributed by atoms with Crippen LogP contribution >= 0.6 is 0 Å². The molecule has 0 spiro atoms. The predicted molar refractivity (Wildman–Crippen MR) is 101 cm³/mol. The Hall–Kier alpha value is -2.08. The molecule has 0 aliphatic heterocycles. The minimum Gasteiger partial charge on any atom is -0.349 e. The number of rotatable bonds is 2. The molecule has 24 heavy (non-hydrogen) atoms. The maximum absolute atomic E-state index is 6.45. The Morgan fingerprint density at radius 2 is 1.54 bits per heavy atom. The molecule has 0 aromatic heterocycles. The zero-order chi connectivity index (χ0) is 17.5. The molecule has 6 nitrogen and oxygen atoms in total. The van der Waals surface area contributed by atoms with E-state index in [4.69, 9.17) is 15.8 Å². The largest absolute Gasteiger partial charge is 0.349 e. The summed E-state index contributed by atoms with van der Waals surface area (Å²) >= 11 is 0. The van der Waals surface area contributed by atoms with Gasteiger partial charge in [0.2, 0.25) is 11.9 Å². The molecule has 1 aliphatic rings. The van der Waals surface area contributed by atoms with Crippen molar-refractivity contribution in [1.82, 2.24) is 14.8 Å². The summed E-state index contributed by atoms with van der Waals surface area (Å²) in [4.78, 5) is 13.4. The molecule has 0 unspecified atom stereocenters. The van der Waals surface area contributed by atoms with Crippen LogP contribution in [0.1, 0.15) is 32.1 Å². The van der Waals surface area contributed by atoms with Crippen LogP contribution in [0.2, 0.25) is 0 Å². The van der Waals surface area contributed by atoms with E-state index in [1.807, 2.05) is 68.3 Å². The summed E-state index contributed by atoms with van der Waals surface area (Å²) in [5.41, 5.74) is 0.861. The average molecular weight is 330 g/mol. The molecule has 2 rings (SSSR count). The Bertz CT molecular complexity index is 548. The van der Waals surface area contributed by atoms with Crippen molar-refractivity contribution in [3.05, 3.63) is 30.3 Å². The highest BCUT2D eigenvalue weighted by molar-refractivity contribution is 5.95. The molecule has 0 bridgehead atoms. The molecule has 2 N–H and O–H groups in total. The Morgan fingerprint density at radius 1 is 0.958 bits per heavy atom. The lowest BCUT2D eigenvalue weighted by atomic mass is 9.95. The molecule has 0 atom stereocenters. The summed E-state index contributed by atoms with van der Waals surface area (Å²) < 4.78 is 0. The van der Waals surface area contributed by atoms with Gasteiger partial charge in [-0.15, -0.1) is 0 Å². The molecule has 0 saturated heterocycles. The third-order valence-corrected chi connectivity index (χ3v) is 4.18. The highest BCUT2D eigenvalue weighted by Crippen LogP contribution is 2.22. The van der Waals surface area contributed by atoms with Gasteiger partial charge in [-0.2, -0.15) is 4.99 Å². The van der Waals surface area contributed by atoms with E-state index in [1.165, 1.54) is 19.3 Å². The van der Waals surface area contributed by atoms with E-state index in [-0.39, 0.29) is 0 Å². The van der Waals surface area contributed by atoms with Crippen molar-refractivity contribution in [2.45, 2.75) is 38.1 Å². The van der Waals surface area contributed by atoms with E-state index in [9.17, 15) is 0 Å². The number of hydrogen-bond acceptors (Lipinski definition) is 2. The summed E-state index contributed by atoms with van der Waals surface area (Å²) in [7, 11) is 7.89. The Labute approximate surface area is 145 Å². The van der Waals surface area contributed by atoms with Crippen molar-refractivity contribution < 1.29 is 0 Å². The van der Waals surface area contributed by atoms with Crippen LogP contribution in [0.4, 0.5) is 5.69 Å². The van der Waals surface area contributed by atoms with Crippen molar-refractivity contribution >= 4 is 17.6 Å². The highest BCUT2D eigenvalue weighted by Gasteiger charge is 2.22. The average Bonchev–Trinajstić information content (AvgIpc) is 2.59.